The number of hydrogen-bond donors (Lipinski definition) is 1. The van der Waals surface area contributed by atoms with Crippen molar-refractivity contribution in [1.82, 2.24) is 4.98 Å². The van der Waals surface area contributed by atoms with E-state index in [0.717, 1.165) is 17.9 Å². The van der Waals surface area contributed by atoms with Gasteiger partial charge in [-0.15, -0.1) is 0 Å². The first-order valence-electron chi connectivity index (χ1n) is 6.15. The second-order valence-electron chi connectivity index (χ2n) is 4.01. The standard InChI is InChI=1S/C13H22N2O3/c1-11(14)13-5-4-12(10-15-13)18-7-3-6-17-9-8-16-2/h4-5,10-11H,3,6-9,14H2,1-2H3. The Labute approximate surface area is 108 Å². The summed E-state index contributed by atoms with van der Waals surface area (Å²) in [5.74, 6) is 0.760. The molecule has 0 aromatic carbocycles. The second-order valence-corrected chi connectivity index (χ2v) is 4.01. The Morgan fingerprint density at radius 3 is 2.67 bits per heavy atom. The molecule has 0 amide bonds. The van der Waals surface area contributed by atoms with Crippen molar-refractivity contribution in [2.24, 2.45) is 5.73 Å². The number of aromatic nitrogens is 1. The van der Waals surface area contributed by atoms with E-state index in [-0.39, 0.29) is 6.04 Å². The van der Waals surface area contributed by atoms with Crippen molar-refractivity contribution >= 4 is 0 Å². The zero-order valence-electron chi connectivity index (χ0n) is 11.1. The highest BCUT2D eigenvalue weighted by molar-refractivity contribution is 5.21. The summed E-state index contributed by atoms with van der Waals surface area (Å²) in [6.07, 6.45) is 2.54. The van der Waals surface area contributed by atoms with Crippen LogP contribution in [0.25, 0.3) is 0 Å². The van der Waals surface area contributed by atoms with Gasteiger partial charge in [-0.2, -0.15) is 0 Å². The van der Waals surface area contributed by atoms with Gasteiger partial charge in [-0.05, 0) is 19.1 Å². The number of methoxy groups -OCH3 is 1. The highest BCUT2D eigenvalue weighted by Crippen LogP contribution is 2.12. The maximum Gasteiger partial charge on any atom is 0.137 e. The summed E-state index contributed by atoms with van der Waals surface area (Å²) in [7, 11) is 1.66. The van der Waals surface area contributed by atoms with Gasteiger partial charge >= 0.3 is 0 Å². The van der Waals surface area contributed by atoms with Crippen molar-refractivity contribution in [2.75, 3.05) is 33.5 Å². The van der Waals surface area contributed by atoms with Crippen LogP contribution >= 0.6 is 0 Å². The fraction of sp³-hybridized carbons (Fsp3) is 0.615. The first-order valence-corrected chi connectivity index (χ1v) is 6.15. The van der Waals surface area contributed by atoms with Crippen molar-refractivity contribution in [3.63, 3.8) is 0 Å². The summed E-state index contributed by atoms with van der Waals surface area (Å²) < 4.78 is 15.7. The van der Waals surface area contributed by atoms with Gasteiger partial charge in [0.25, 0.3) is 0 Å². The number of rotatable bonds is 9. The Morgan fingerprint density at radius 1 is 1.22 bits per heavy atom. The maximum atomic E-state index is 5.71. The second kappa shape index (κ2) is 8.85. The number of ether oxygens (including phenoxy) is 3. The van der Waals surface area contributed by atoms with Crippen LogP contribution in [-0.2, 0) is 9.47 Å². The molecule has 0 radical (unpaired) electrons. The van der Waals surface area contributed by atoms with Gasteiger partial charge in [0.2, 0.25) is 0 Å². The molecule has 2 N–H and O–H groups in total. The summed E-state index contributed by atoms with van der Waals surface area (Å²) in [6, 6.07) is 3.72. The number of pyridine rings is 1. The molecule has 102 valence electrons. The first-order chi connectivity index (χ1) is 8.74. The normalized spacial score (nSPS) is 12.4. The van der Waals surface area contributed by atoms with E-state index >= 15 is 0 Å². The predicted octanol–water partition coefficient (Wildman–Crippen LogP) is 1.53. The molecule has 5 heteroatoms. The van der Waals surface area contributed by atoms with Gasteiger partial charge in [0.1, 0.15) is 5.75 Å². The van der Waals surface area contributed by atoms with Gasteiger partial charge in [0.05, 0.1) is 31.7 Å². The Kier molecular flexibility index (Phi) is 7.32. The smallest absolute Gasteiger partial charge is 0.137 e. The lowest BCUT2D eigenvalue weighted by atomic mass is 10.2. The fourth-order valence-corrected chi connectivity index (χ4v) is 1.34. The van der Waals surface area contributed by atoms with Crippen LogP contribution in [0.2, 0.25) is 0 Å². The van der Waals surface area contributed by atoms with Crippen molar-refractivity contribution < 1.29 is 14.2 Å². The zero-order chi connectivity index (χ0) is 13.2. The number of nitrogens with zero attached hydrogens (tertiary/aromatic N) is 1. The lowest BCUT2D eigenvalue weighted by Gasteiger charge is -2.08. The minimum absolute atomic E-state index is 0.0479. The van der Waals surface area contributed by atoms with Gasteiger partial charge < -0.3 is 19.9 Å². The molecule has 0 bridgehead atoms. The average molecular weight is 254 g/mol. The number of hydrogen-bond acceptors (Lipinski definition) is 5. The average Bonchev–Trinajstić information content (AvgIpc) is 2.38. The summed E-state index contributed by atoms with van der Waals surface area (Å²) in [6.45, 7) is 4.45. The van der Waals surface area contributed by atoms with Gasteiger partial charge in [0.15, 0.2) is 0 Å². The Hall–Kier alpha value is -1.17. The molecular weight excluding hydrogens is 232 g/mol. The molecule has 0 aliphatic carbocycles. The Bertz CT molecular complexity index is 315. The molecule has 0 spiro atoms. The molecule has 0 saturated heterocycles. The molecular formula is C13H22N2O3. The van der Waals surface area contributed by atoms with E-state index in [1.54, 1.807) is 13.3 Å². The third-order valence-electron chi connectivity index (χ3n) is 2.36. The van der Waals surface area contributed by atoms with Crippen LogP contribution in [0, 0.1) is 0 Å². The van der Waals surface area contributed by atoms with Gasteiger partial charge in [0, 0.05) is 26.2 Å². The molecule has 1 rings (SSSR count). The summed E-state index contributed by atoms with van der Waals surface area (Å²) in [4.78, 5) is 4.22. The molecule has 0 fully saturated rings. The molecule has 1 unspecified atom stereocenters. The van der Waals surface area contributed by atoms with E-state index in [0.29, 0.717) is 26.4 Å². The lowest BCUT2D eigenvalue weighted by molar-refractivity contribution is 0.0644. The monoisotopic (exact) mass is 254 g/mol. The molecule has 0 saturated carbocycles. The van der Waals surface area contributed by atoms with Crippen LogP contribution in [0.15, 0.2) is 18.3 Å². The van der Waals surface area contributed by atoms with Crippen molar-refractivity contribution in [1.29, 1.82) is 0 Å². The quantitative estimate of drug-likeness (QED) is 0.677. The molecule has 1 atom stereocenters. The van der Waals surface area contributed by atoms with Gasteiger partial charge in [-0.25, -0.2) is 0 Å². The Balaban J connectivity index is 2.12. The minimum Gasteiger partial charge on any atom is -0.492 e. The van der Waals surface area contributed by atoms with E-state index in [4.69, 9.17) is 19.9 Å². The fourth-order valence-electron chi connectivity index (χ4n) is 1.34. The molecule has 5 nitrogen and oxygen atoms in total. The van der Waals surface area contributed by atoms with E-state index in [9.17, 15) is 0 Å². The van der Waals surface area contributed by atoms with Crippen LogP contribution in [0.3, 0.4) is 0 Å². The molecule has 0 aliphatic rings. The minimum atomic E-state index is -0.0479. The Morgan fingerprint density at radius 2 is 2.06 bits per heavy atom. The third-order valence-corrected chi connectivity index (χ3v) is 2.36. The van der Waals surface area contributed by atoms with Crippen LogP contribution in [0.5, 0.6) is 5.75 Å². The highest BCUT2D eigenvalue weighted by atomic mass is 16.5. The van der Waals surface area contributed by atoms with Crippen LogP contribution in [-0.4, -0.2) is 38.5 Å². The maximum absolute atomic E-state index is 5.71. The largest absolute Gasteiger partial charge is 0.492 e. The van der Waals surface area contributed by atoms with E-state index < -0.39 is 0 Å². The SMILES string of the molecule is COCCOCCCOc1ccc(C(C)N)nc1. The van der Waals surface area contributed by atoms with E-state index in [2.05, 4.69) is 4.98 Å². The van der Waals surface area contributed by atoms with Crippen molar-refractivity contribution in [2.45, 2.75) is 19.4 Å². The third kappa shape index (κ3) is 5.95. The molecule has 1 aromatic heterocycles. The van der Waals surface area contributed by atoms with Crippen molar-refractivity contribution in [3.8, 4) is 5.75 Å². The summed E-state index contributed by atoms with van der Waals surface area (Å²) in [5, 5.41) is 0. The first kappa shape index (κ1) is 14.9. The topological polar surface area (TPSA) is 66.6 Å². The van der Waals surface area contributed by atoms with E-state index in [1.807, 2.05) is 19.1 Å². The predicted molar refractivity (Wildman–Crippen MR) is 69.6 cm³/mol. The van der Waals surface area contributed by atoms with Gasteiger partial charge in [-0.3, -0.25) is 4.98 Å². The molecule has 1 aromatic rings. The molecule has 0 aliphatic heterocycles. The van der Waals surface area contributed by atoms with Crippen LogP contribution in [0.4, 0.5) is 0 Å². The van der Waals surface area contributed by atoms with Crippen LogP contribution in [0.1, 0.15) is 25.1 Å². The zero-order valence-corrected chi connectivity index (χ0v) is 11.1. The highest BCUT2D eigenvalue weighted by Gasteiger charge is 2.01. The van der Waals surface area contributed by atoms with Crippen molar-refractivity contribution in [3.05, 3.63) is 24.0 Å². The molecule has 1 heterocycles. The number of nitrogens with two attached hydrogens (primary N) is 1. The lowest BCUT2D eigenvalue weighted by Crippen LogP contribution is -2.08. The van der Waals surface area contributed by atoms with Gasteiger partial charge in [-0.1, -0.05) is 0 Å². The van der Waals surface area contributed by atoms with E-state index in [1.165, 1.54) is 0 Å². The summed E-state index contributed by atoms with van der Waals surface area (Å²) in [5.41, 5.74) is 6.58. The van der Waals surface area contributed by atoms with Crippen LogP contribution < -0.4 is 10.5 Å². The summed E-state index contributed by atoms with van der Waals surface area (Å²) >= 11 is 0. The molecule has 18 heavy (non-hydrogen) atoms.